The SMILES string of the molecule is COc1cc(C(C)C)ccc1-n1cnc(C(F)F)c1. The summed E-state index contributed by atoms with van der Waals surface area (Å²) in [6.07, 6.45) is 0.119. The number of aromatic nitrogens is 2. The second kappa shape index (κ2) is 5.38. The molecule has 0 fully saturated rings. The summed E-state index contributed by atoms with van der Waals surface area (Å²) < 4.78 is 32.0. The third-order valence-electron chi connectivity index (χ3n) is 2.97. The number of methoxy groups -OCH3 is 1. The average molecular weight is 266 g/mol. The van der Waals surface area contributed by atoms with E-state index in [-0.39, 0.29) is 5.69 Å². The highest BCUT2D eigenvalue weighted by atomic mass is 19.3. The van der Waals surface area contributed by atoms with Crippen molar-refractivity contribution in [2.75, 3.05) is 7.11 Å². The van der Waals surface area contributed by atoms with Gasteiger partial charge in [-0.15, -0.1) is 0 Å². The molecular weight excluding hydrogens is 250 g/mol. The summed E-state index contributed by atoms with van der Waals surface area (Å²) in [5.74, 6) is 1.02. The molecule has 0 N–H and O–H groups in total. The number of rotatable bonds is 4. The Morgan fingerprint density at radius 2 is 2.00 bits per heavy atom. The first-order chi connectivity index (χ1) is 9.02. The first-order valence-electron chi connectivity index (χ1n) is 6.03. The zero-order chi connectivity index (χ0) is 14.0. The van der Waals surface area contributed by atoms with E-state index in [1.54, 1.807) is 11.7 Å². The number of hydrogen-bond donors (Lipinski definition) is 0. The van der Waals surface area contributed by atoms with E-state index in [0.717, 1.165) is 5.56 Å². The number of imidazole rings is 1. The highest BCUT2D eigenvalue weighted by Gasteiger charge is 2.13. The van der Waals surface area contributed by atoms with Gasteiger partial charge in [0.05, 0.1) is 19.1 Å². The van der Waals surface area contributed by atoms with Gasteiger partial charge in [-0.05, 0) is 23.6 Å². The van der Waals surface area contributed by atoms with E-state index in [4.69, 9.17) is 4.74 Å². The van der Waals surface area contributed by atoms with Crippen molar-refractivity contribution >= 4 is 0 Å². The van der Waals surface area contributed by atoms with Crippen molar-refractivity contribution < 1.29 is 13.5 Å². The maximum Gasteiger partial charge on any atom is 0.281 e. The summed E-state index contributed by atoms with van der Waals surface area (Å²) in [4.78, 5) is 3.68. The summed E-state index contributed by atoms with van der Waals surface area (Å²) >= 11 is 0. The van der Waals surface area contributed by atoms with Gasteiger partial charge in [0.15, 0.2) is 0 Å². The molecule has 1 heterocycles. The molecule has 2 rings (SSSR count). The van der Waals surface area contributed by atoms with Crippen LogP contribution in [-0.4, -0.2) is 16.7 Å². The van der Waals surface area contributed by atoms with Gasteiger partial charge in [-0.1, -0.05) is 19.9 Å². The molecule has 0 radical (unpaired) electrons. The van der Waals surface area contributed by atoms with E-state index < -0.39 is 6.43 Å². The van der Waals surface area contributed by atoms with E-state index >= 15 is 0 Å². The van der Waals surface area contributed by atoms with Gasteiger partial charge in [0.1, 0.15) is 11.4 Å². The summed E-state index contributed by atoms with van der Waals surface area (Å²) in [7, 11) is 1.56. The fraction of sp³-hybridized carbons (Fsp3) is 0.357. The molecule has 19 heavy (non-hydrogen) atoms. The number of nitrogens with zero attached hydrogens (tertiary/aromatic N) is 2. The molecular formula is C14H16F2N2O. The zero-order valence-electron chi connectivity index (χ0n) is 11.1. The fourth-order valence-corrected chi connectivity index (χ4v) is 1.85. The van der Waals surface area contributed by atoms with Crippen LogP contribution in [0.3, 0.4) is 0 Å². The van der Waals surface area contributed by atoms with Crippen LogP contribution in [0.2, 0.25) is 0 Å². The molecule has 0 aliphatic rings. The lowest BCUT2D eigenvalue weighted by molar-refractivity contribution is 0.146. The van der Waals surface area contributed by atoms with E-state index in [9.17, 15) is 8.78 Å². The van der Waals surface area contributed by atoms with E-state index in [1.165, 1.54) is 12.5 Å². The van der Waals surface area contributed by atoms with Crippen LogP contribution in [-0.2, 0) is 0 Å². The van der Waals surface area contributed by atoms with Crippen LogP contribution in [0.5, 0.6) is 5.75 Å². The Bertz CT molecular complexity index is 564. The number of hydrogen-bond acceptors (Lipinski definition) is 2. The number of benzene rings is 1. The van der Waals surface area contributed by atoms with E-state index in [1.807, 2.05) is 18.2 Å². The highest BCUT2D eigenvalue weighted by molar-refractivity contribution is 5.49. The molecule has 0 bridgehead atoms. The van der Waals surface area contributed by atoms with Crippen LogP contribution in [0.25, 0.3) is 5.69 Å². The molecule has 5 heteroatoms. The van der Waals surface area contributed by atoms with E-state index in [0.29, 0.717) is 17.4 Å². The van der Waals surface area contributed by atoms with Gasteiger partial charge in [0.2, 0.25) is 0 Å². The molecule has 0 atom stereocenters. The quantitative estimate of drug-likeness (QED) is 0.838. The molecule has 1 aromatic carbocycles. The predicted molar refractivity (Wildman–Crippen MR) is 69.2 cm³/mol. The predicted octanol–water partition coefficient (Wildman–Crippen LogP) is 3.94. The maximum atomic E-state index is 12.5. The lowest BCUT2D eigenvalue weighted by Crippen LogP contribution is -1.98. The monoisotopic (exact) mass is 266 g/mol. The van der Waals surface area contributed by atoms with Crippen LogP contribution in [0.15, 0.2) is 30.7 Å². The summed E-state index contributed by atoms with van der Waals surface area (Å²) in [6, 6.07) is 5.73. The molecule has 3 nitrogen and oxygen atoms in total. The normalized spacial score (nSPS) is 11.3. The molecule has 0 saturated carbocycles. The number of halogens is 2. The van der Waals surface area contributed by atoms with Crippen molar-refractivity contribution in [1.29, 1.82) is 0 Å². The zero-order valence-corrected chi connectivity index (χ0v) is 11.1. The van der Waals surface area contributed by atoms with Crippen LogP contribution < -0.4 is 4.74 Å². The molecule has 0 unspecified atom stereocenters. The minimum Gasteiger partial charge on any atom is -0.495 e. The van der Waals surface area contributed by atoms with Crippen molar-refractivity contribution in [3.63, 3.8) is 0 Å². The van der Waals surface area contributed by atoms with Crippen molar-refractivity contribution in [2.45, 2.75) is 26.2 Å². The van der Waals surface area contributed by atoms with E-state index in [2.05, 4.69) is 18.8 Å². The van der Waals surface area contributed by atoms with Crippen molar-refractivity contribution in [1.82, 2.24) is 9.55 Å². The summed E-state index contributed by atoms with van der Waals surface area (Å²) in [6.45, 7) is 4.17. The van der Waals surface area contributed by atoms with Gasteiger partial charge < -0.3 is 9.30 Å². The van der Waals surface area contributed by atoms with Crippen molar-refractivity contribution in [3.05, 3.63) is 42.0 Å². The summed E-state index contributed by atoms with van der Waals surface area (Å²) in [5, 5.41) is 0. The Labute approximate surface area is 110 Å². The lowest BCUT2D eigenvalue weighted by atomic mass is 10.0. The Kier molecular flexibility index (Phi) is 3.83. The largest absolute Gasteiger partial charge is 0.495 e. The van der Waals surface area contributed by atoms with Gasteiger partial charge in [-0.3, -0.25) is 0 Å². The molecule has 2 aromatic rings. The third kappa shape index (κ3) is 2.75. The topological polar surface area (TPSA) is 27.1 Å². The second-order valence-corrected chi connectivity index (χ2v) is 4.59. The van der Waals surface area contributed by atoms with Gasteiger partial charge in [0, 0.05) is 6.20 Å². The Balaban J connectivity index is 2.43. The Morgan fingerprint density at radius 3 is 2.53 bits per heavy atom. The molecule has 0 spiro atoms. The van der Waals surface area contributed by atoms with Gasteiger partial charge in [-0.2, -0.15) is 0 Å². The van der Waals surface area contributed by atoms with Crippen LogP contribution in [0.4, 0.5) is 8.78 Å². The molecule has 0 aliphatic carbocycles. The first-order valence-corrected chi connectivity index (χ1v) is 6.03. The van der Waals surface area contributed by atoms with Crippen LogP contribution in [0.1, 0.15) is 37.4 Å². The Hall–Kier alpha value is -1.91. The average Bonchev–Trinajstić information content (AvgIpc) is 2.87. The minimum atomic E-state index is -2.57. The molecule has 0 saturated heterocycles. The summed E-state index contributed by atoms with van der Waals surface area (Å²) in [5.41, 5.74) is 1.59. The molecule has 102 valence electrons. The lowest BCUT2D eigenvalue weighted by Gasteiger charge is -2.12. The van der Waals surface area contributed by atoms with Crippen molar-refractivity contribution in [2.24, 2.45) is 0 Å². The van der Waals surface area contributed by atoms with Gasteiger partial charge >= 0.3 is 0 Å². The first kappa shape index (κ1) is 13.5. The fourth-order valence-electron chi connectivity index (χ4n) is 1.85. The molecule has 0 amide bonds. The molecule has 0 aliphatic heterocycles. The van der Waals surface area contributed by atoms with Crippen LogP contribution in [0, 0.1) is 0 Å². The van der Waals surface area contributed by atoms with Gasteiger partial charge in [0.25, 0.3) is 6.43 Å². The number of alkyl halides is 2. The van der Waals surface area contributed by atoms with Gasteiger partial charge in [-0.25, -0.2) is 13.8 Å². The standard InChI is InChI=1S/C14H16F2N2O/c1-9(2)10-4-5-12(13(6-10)19-3)18-7-11(14(15)16)17-8-18/h4-9,14H,1-3H3. The highest BCUT2D eigenvalue weighted by Crippen LogP contribution is 2.28. The van der Waals surface area contributed by atoms with Crippen LogP contribution >= 0.6 is 0 Å². The Morgan fingerprint density at radius 1 is 1.26 bits per heavy atom. The second-order valence-electron chi connectivity index (χ2n) is 4.59. The van der Waals surface area contributed by atoms with Crippen molar-refractivity contribution in [3.8, 4) is 11.4 Å². The maximum absolute atomic E-state index is 12.5. The molecule has 1 aromatic heterocycles. The minimum absolute atomic E-state index is 0.241. The third-order valence-corrected chi connectivity index (χ3v) is 2.97. The number of ether oxygens (including phenoxy) is 1. The smallest absolute Gasteiger partial charge is 0.281 e.